The Kier molecular flexibility index (Phi) is 5.31. The van der Waals surface area contributed by atoms with Gasteiger partial charge in [0, 0.05) is 23.2 Å². The molecule has 3 atom stereocenters. The summed E-state index contributed by atoms with van der Waals surface area (Å²) in [7, 11) is 0. The van der Waals surface area contributed by atoms with E-state index >= 15 is 0 Å². The number of Topliss-reactive ketones (excluding diaryl/α,β-unsaturated/α-hetero) is 1. The first-order valence-corrected chi connectivity index (χ1v) is 9.40. The highest BCUT2D eigenvalue weighted by molar-refractivity contribution is 6.04. The zero-order chi connectivity index (χ0) is 19.7. The van der Waals surface area contributed by atoms with Crippen LogP contribution in [0.3, 0.4) is 0 Å². The van der Waals surface area contributed by atoms with Crippen molar-refractivity contribution in [1.29, 1.82) is 0 Å². The second-order valence-electron chi connectivity index (χ2n) is 7.76. The smallest absolute Gasteiger partial charge is 0.251 e. The van der Waals surface area contributed by atoms with Gasteiger partial charge < -0.3 is 11.1 Å². The zero-order valence-corrected chi connectivity index (χ0v) is 15.9. The molecule has 0 aromatic heterocycles. The van der Waals surface area contributed by atoms with Crippen molar-refractivity contribution in [3.63, 3.8) is 0 Å². The Bertz CT molecular complexity index is 836. The number of hydrogen-bond acceptors (Lipinski definition) is 3. The van der Waals surface area contributed by atoms with Gasteiger partial charge in [-0.2, -0.15) is 0 Å². The van der Waals surface area contributed by atoms with Crippen molar-refractivity contribution >= 4 is 23.3 Å². The largest absolute Gasteiger partial charge is 0.366 e. The van der Waals surface area contributed by atoms with Crippen LogP contribution in [-0.4, -0.2) is 17.6 Å². The molecule has 5 nitrogen and oxygen atoms in total. The fraction of sp³-hybridized carbons (Fsp3) is 0.409. The molecule has 2 amide bonds. The Balaban J connectivity index is 1.72. The maximum atomic E-state index is 12.7. The number of hydrogen-bond donors (Lipinski definition) is 2. The Labute approximate surface area is 159 Å². The number of allylic oxidation sites excluding steroid dienone is 2. The van der Waals surface area contributed by atoms with Gasteiger partial charge in [-0.1, -0.05) is 19.1 Å². The first-order valence-electron chi connectivity index (χ1n) is 9.40. The second kappa shape index (κ2) is 7.51. The lowest BCUT2D eigenvalue weighted by Crippen LogP contribution is -2.20. The third kappa shape index (κ3) is 3.87. The normalized spacial score (nSPS) is 25.0. The van der Waals surface area contributed by atoms with Crippen LogP contribution in [0.15, 0.2) is 47.6 Å². The standard InChI is InChI=1S/C22H26N2O3/c1-12-4-5-16(10-19-14(3)20(25)11-18(12)19)13(2)22(27)24-17-8-6-15(7-9-17)21(23)26/h6-9,12,16,18H,2,4-5,10-11H2,1,3H3,(H2,23,26)(H,24,27)/t12?,16-,18?/m1/s1. The highest BCUT2D eigenvalue weighted by Crippen LogP contribution is 2.45. The van der Waals surface area contributed by atoms with E-state index in [9.17, 15) is 14.4 Å². The number of amides is 2. The van der Waals surface area contributed by atoms with Crippen LogP contribution >= 0.6 is 0 Å². The number of benzene rings is 1. The molecule has 142 valence electrons. The van der Waals surface area contributed by atoms with E-state index in [0.29, 0.717) is 35.1 Å². The molecule has 0 saturated heterocycles. The molecule has 0 aliphatic heterocycles. The summed E-state index contributed by atoms with van der Waals surface area (Å²) in [5.41, 5.74) is 8.86. The summed E-state index contributed by atoms with van der Waals surface area (Å²) >= 11 is 0. The lowest BCUT2D eigenvalue weighted by atomic mass is 9.86. The van der Waals surface area contributed by atoms with E-state index in [1.54, 1.807) is 24.3 Å². The molecule has 2 aliphatic carbocycles. The first-order chi connectivity index (χ1) is 12.8. The lowest BCUT2D eigenvalue weighted by Gasteiger charge is -2.19. The predicted octanol–water partition coefficient (Wildman–Crippen LogP) is 3.62. The molecule has 27 heavy (non-hydrogen) atoms. The van der Waals surface area contributed by atoms with E-state index < -0.39 is 5.91 Å². The van der Waals surface area contributed by atoms with Gasteiger partial charge in [0.05, 0.1) is 0 Å². The van der Waals surface area contributed by atoms with Gasteiger partial charge in [-0.3, -0.25) is 14.4 Å². The third-order valence-electron chi connectivity index (χ3n) is 6.09. The number of nitrogens with two attached hydrogens (primary N) is 1. The molecule has 3 rings (SSSR count). The number of rotatable bonds is 4. The van der Waals surface area contributed by atoms with Gasteiger partial charge in [0.1, 0.15) is 0 Å². The SMILES string of the molecule is C=C(C(=O)Nc1ccc(C(N)=O)cc1)[C@@H]1CCC(C)C2CC(=O)C(C)=C2C1. The number of carbonyl (C=O) groups is 3. The Morgan fingerprint density at radius 3 is 2.44 bits per heavy atom. The number of anilines is 1. The van der Waals surface area contributed by atoms with Crippen molar-refractivity contribution in [3.8, 4) is 0 Å². The second-order valence-corrected chi connectivity index (χ2v) is 7.76. The molecule has 2 aliphatic rings. The average Bonchev–Trinajstić information content (AvgIpc) is 2.82. The molecular formula is C22H26N2O3. The Morgan fingerprint density at radius 2 is 1.81 bits per heavy atom. The Hall–Kier alpha value is -2.69. The van der Waals surface area contributed by atoms with Crippen LogP contribution in [0.25, 0.3) is 0 Å². The van der Waals surface area contributed by atoms with Crippen LogP contribution in [0, 0.1) is 17.8 Å². The van der Waals surface area contributed by atoms with E-state index in [0.717, 1.165) is 24.8 Å². The van der Waals surface area contributed by atoms with Gasteiger partial charge in [-0.15, -0.1) is 0 Å². The van der Waals surface area contributed by atoms with Crippen LogP contribution in [0.4, 0.5) is 5.69 Å². The van der Waals surface area contributed by atoms with Crippen LogP contribution < -0.4 is 11.1 Å². The minimum atomic E-state index is -0.505. The summed E-state index contributed by atoms with van der Waals surface area (Å²) in [4.78, 5) is 36.0. The average molecular weight is 366 g/mol. The lowest BCUT2D eigenvalue weighted by molar-refractivity contribution is -0.115. The van der Waals surface area contributed by atoms with Gasteiger partial charge >= 0.3 is 0 Å². The van der Waals surface area contributed by atoms with Crippen molar-refractivity contribution in [2.45, 2.75) is 39.5 Å². The van der Waals surface area contributed by atoms with Crippen LogP contribution in [0.5, 0.6) is 0 Å². The van der Waals surface area contributed by atoms with Crippen LogP contribution in [-0.2, 0) is 9.59 Å². The van der Waals surface area contributed by atoms with Crippen molar-refractivity contribution < 1.29 is 14.4 Å². The highest BCUT2D eigenvalue weighted by atomic mass is 16.2. The molecule has 1 fully saturated rings. The van der Waals surface area contributed by atoms with Crippen LogP contribution in [0.1, 0.15) is 49.9 Å². The fourth-order valence-corrected chi connectivity index (χ4v) is 4.23. The molecule has 0 bridgehead atoms. The number of nitrogens with one attached hydrogen (secondary N) is 1. The number of primary amides is 1. The minimum absolute atomic E-state index is 0.0400. The third-order valence-corrected chi connectivity index (χ3v) is 6.09. The van der Waals surface area contributed by atoms with Gasteiger partial charge in [0.25, 0.3) is 5.91 Å². The molecule has 5 heteroatoms. The Morgan fingerprint density at radius 1 is 1.15 bits per heavy atom. The summed E-state index contributed by atoms with van der Waals surface area (Å²) in [5.74, 6) is 0.322. The number of fused-ring (bicyclic) bond motifs is 1. The summed E-state index contributed by atoms with van der Waals surface area (Å²) < 4.78 is 0. The molecule has 3 N–H and O–H groups in total. The van der Waals surface area contributed by atoms with E-state index in [1.165, 1.54) is 5.57 Å². The molecule has 1 aromatic rings. The molecular weight excluding hydrogens is 340 g/mol. The summed E-state index contributed by atoms with van der Waals surface area (Å²) in [6, 6.07) is 6.46. The molecule has 0 radical (unpaired) electrons. The van der Waals surface area contributed by atoms with Crippen molar-refractivity contribution in [1.82, 2.24) is 0 Å². The van der Waals surface area contributed by atoms with Crippen LogP contribution in [0.2, 0.25) is 0 Å². The zero-order valence-electron chi connectivity index (χ0n) is 15.9. The van der Waals surface area contributed by atoms with Gasteiger partial charge in [0.2, 0.25) is 5.91 Å². The summed E-state index contributed by atoms with van der Waals surface area (Å²) in [5, 5.41) is 2.84. The van der Waals surface area contributed by atoms with E-state index in [2.05, 4.69) is 18.8 Å². The molecule has 1 aromatic carbocycles. The van der Waals surface area contributed by atoms with E-state index in [-0.39, 0.29) is 17.6 Å². The predicted molar refractivity (Wildman–Crippen MR) is 105 cm³/mol. The van der Waals surface area contributed by atoms with Gasteiger partial charge in [-0.05, 0) is 73.8 Å². The molecule has 0 spiro atoms. The molecule has 2 unspecified atom stereocenters. The summed E-state index contributed by atoms with van der Waals surface area (Å²) in [6.07, 6.45) is 3.23. The minimum Gasteiger partial charge on any atom is -0.366 e. The van der Waals surface area contributed by atoms with Gasteiger partial charge in [-0.25, -0.2) is 0 Å². The van der Waals surface area contributed by atoms with Gasteiger partial charge in [0.15, 0.2) is 5.78 Å². The fourth-order valence-electron chi connectivity index (χ4n) is 4.23. The molecule has 0 heterocycles. The van der Waals surface area contributed by atoms with E-state index in [1.807, 2.05) is 6.92 Å². The topological polar surface area (TPSA) is 89.3 Å². The highest BCUT2D eigenvalue weighted by Gasteiger charge is 2.37. The first kappa shape index (κ1) is 19.1. The number of carbonyl (C=O) groups excluding carboxylic acids is 3. The monoisotopic (exact) mass is 366 g/mol. The molecule has 1 saturated carbocycles. The maximum absolute atomic E-state index is 12.7. The van der Waals surface area contributed by atoms with Crippen molar-refractivity contribution in [2.75, 3.05) is 5.32 Å². The number of ketones is 1. The maximum Gasteiger partial charge on any atom is 0.251 e. The van der Waals surface area contributed by atoms with Crippen molar-refractivity contribution in [2.24, 2.45) is 23.5 Å². The van der Waals surface area contributed by atoms with Crippen molar-refractivity contribution in [3.05, 3.63) is 53.1 Å². The summed E-state index contributed by atoms with van der Waals surface area (Å²) in [6.45, 7) is 8.16. The van der Waals surface area contributed by atoms with E-state index in [4.69, 9.17) is 5.73 Å². The quantitative estimate of drug-likeness (QED) is 0.798.